The van der Waals surface area contributed by atoms with E-state index in [0.29, 0.717) is 6.42 Å². The van der Waals surface area contributed by atoms with Crippen LogP contribution < -0.4 is 4.90 Å². The minimum atomic E-state index is -2.94. The molecule has 2 saturated heterocycles. The number of halogens is 1. The largest absolute Gasteiger partial charge is 0.366 e. The van der Waals surface area contributed by atoms with E-state index in [1.165, 1.54) is 6.07 Å². The molecular weight excluding hydrogens is 379 g/mol. The normalized spacial score (nSPS) is 22.7. The zero-order valence-corrected chi connectivity index (χ0v) is 17.3. The number of hydrogen-bond donors (Lipinski definition) is 0. The Balaban J connectivity index is 1.43. The number of rotatable bonds is 4. The summed E-state index contributed by atoms with van der Waals surface area (Å²) in [5, 5.41) is 4.68. The molecule has 3 heterocycles. The fourth-order valence-corrected chi connectivity index (χ4v) is 6.15. The average molecular weight is 407 g/mol. The van der Waals surface area contributed by atoms with Crippen molar-refractivity contribution in [1.82, 2.24) is 14.7 Å². The average Bonchev–Trinajstić information content (AvgIpc) is 3.14. The molecule has 6 nitrogen and oxygen atoms in total. The molecule has 0 spiro atoms. The minimum Gasteiger partial charge on any atom is -0.366 e. The van der Waals surface area contributed by atoms with Crippen LogP contribution in [0, 0.1) is 19.7 Å². The standard InChI is InChI=1S/C20H27FN4O2S/c1-15-20(16(2)25(22-15)19-6-11-28(26,27)14-19)24-9-7-23(8-10-24)13-17-4-3-5-18(21)12-17/h3-5,12,19H,6-11,13-14H2,1-2H3. The number of benzene rings is 1. The van der Waals surface area contributed by atoms with Gasteiger partial charge < -0.3 is 4.90 Å². The van der Waals surface area contributed by atoms with Crippen LogP contribution in [0.25, 0.3) is 0 Å². The lowest BCUT2D eigenvalue weighted by atomic mass is 10.1. The Morgan fingerprint density at radius 1 is 1.18 bits per heavy atom. The maximum atomic E-state index is 13.4. The van der Waals surface area contributed by atoms with Crippen LogP contribution in [0.2, 0.25) is 0 Å². The van der Waals surface area contributed by atoms with Crippen LogP contribution >= 0.6 is 0 Å². The van der Waals surface area contributed by atoms with Crippen LogP contribution in [-0.2, 0) is 16.4 Å². The van der Waals surface area contributed by atoms with Crippen LogP contribution in [0.4, 0.5) is 10.1 Å². The smallest absolute Gasteiger partial charge is 0.152 e. The van der Waals surface area contributed by atoms with Gasteiger partial charge in [0.15, 0.2) is 9.84 Å². The molecule has 4 rings (SSSR count). The highest BCUT2D eigenvalue weighted by atomic mass is 32.2. The van der Waals surface area contributed by atoms with E-state index >= 15 is 0 Å². The van der Waals surface area contributed by atoms with Gasteiger partial charge in [0.2, 0.25) is 0 Å². The Morgan fingerprint density at radius 3 is 2.57 bits per heavy atom. The molecule has 2 fully saturated rings. The van der Waals surface area contributed by atoms with Crippen molar-refractivity contribution in [3.8, 4) is 0 Å². The Hall–Kier alpha value is -1.93. The number of aromatic nitrogens is 2. The second-order valence-electron chi connectivity index (χ2n) is 7.91. The Labute approximate surface area is 165 Å². The highest BCUT2D eigenvalue weighted by molar-refractivity contribution is 7.91. The topological polar surface area (TPSA) is 58.4 Å². The highest BCUT2D eigenvalue weighted by Crippen LogP contribution is 2.31. The van der Waals surface area contributed by atoms with E-state index < -0.39 is 9.84 Å². The second-order valence-corrected chi connectivity index (χ2v) is 10.1. The Bertz CT molecular complexity index is 965. The number of piperazine rings is 1. The molecule has 1 atom stereocenters. The van der Waals surface area contributed by atoms with Gasteiger partial charge in [-0.1, -0.05) is 12.1 Å². The third-order valence-electron chi connectivity index (χ3n) is 5.82. The van der Waals surface area contributed by atoms with E-state index in [4.69, 9.17) is 0 Å². The predicted molar refractivity (Wildman–Crippen MR) is 108 cm³/mol. The van der Waals surface area contributed by atoms with Crippen molar-refractivity contribution in [1.29, 1.82) is 0 Å². The molecule has 28 heavy (non-hydrogen) atoms. The SMILES string of the molecule is Cc1nn(C2CCS(=O)(=O)C2)c(C)c1N1CCN(Cc2cccc(F)c2)CC1. The van der Waals surface area contributed by atoms with Crippen LogP contribution in [0.3, 0.4) is 0 Å². The molecule has 2 aromatic rings. The van der Waals surface area contributed by atoms with E-state index in [1.54, 1.807) is 12.1 Å². The summed E-state index contributed by atoms with van der Waals surface area (Å²) < 4.78 is 39.0. The van der Waals surface area contributed by atoms with Crippen LogP contribution in [0.5, 0.6) is 0 Å². The van der Waals surface area contributed by atoms with E-state index in [2.05, 4.69) is 14.9 Å². The van der Waals surface area contributed by atoms with E-state index in [0.717, 1.165) is 55.4 Å². The molecule has 1 aromatic carbocycles. The van der Waals surface area contributed by atoms with E-state index in [1.807, 2.05) is 24.6 Å². The van der Waals surface area contributed by atoms with Gasteiger partial charge in [-0.15, -0.1) is 0 Å². The van der Waals surface area contributed by atoms with Crippen molar-refractivity contribution in [2.45, 2.75) is 32.9 Å². The van der Waals surface area contributed by atoms with Crippen molar-refractivity contribution in [3.63, 3.8) is 0 Å². The maximum absolute atomic E-state index is 13.4. The molecule has 152 valence electrons. The van der Waals surface area contributed by atoms with Gasteiger partial charge in [0, 0.05) is 32.7 Å². The van der Waals surface area contributed by atoms with Gasteiger partial charge in [0.1, 0.15) is 5.82 Å². The number of hydrogen-bond acceptors (Lipinski definition) is 5. The summed E-state index contributed by atoms with van der Waals surface area (Å²) in [6.07, 6.45) is 0.644. The minimum absolute atomic E-state index is 0.0493. The molecule has 1 unspecified atom stereocenters. The molecule has 2 aliphatic heterocycles. The van der Waals surface area contributed by atoms with Crippen LogP contribution in [-0.4, -0.2) is 60.8 Å². The number of sulfone groups is 1. The van der Waals surface area contributed by atoms with Gasteiger partial charge >= 0.3 is 0 Å². The Morgan fingerprint density at radius 2 is 1.93 bits per heavy atom. The predicted octanol–water partition coefficient (Wildman–Crippen LogP) is 2.32. The molecule has 1 aromatic heterocycles. The summed E-state index contributed by atoms with van der Waals surface area (Å²) in [6.45, 7) is 8.36. The third kappa shape index (κ3) is 3.93. The fraction of sp³-hybridized carbons (Fsp3) is 0.550. The lowest BCUT2D eigenvalue weighted by Gasteiger charge is -2.36. The van der Waals surface area contributed by atoms with E-state index in [-0.39, 0.29) is 23.4 Å². The molecule has 0 radical (unpaired) electrons. The van der Waals surface area contributed by atoms with Crippen molar-refractivity contribution in [2.24, 2.45) is 0 Å². The molecule has 8 heteroatoms. The quantitative estimate of drug-likeness (QED) is 0.780. The number of aryl methyl sites for hydroxylation is 1. The summed E-state index contributed by atoms with van der Waals surface area (Å²) in [6, 6.07) is 6.74. The summed E-state index contributed by atoms with van der Waals surface area (Å²) in [7, 11) is -2.94. The summed E-state index contributed by atoms with van der Waals surface area (Å²) in [5.74, 6) is 0.253. The number of nitrogens with zero attached hydrogens (tertiary/aromatic N) is 4. The number of anilines is 1. The van der Waals surface area contributed by atoms with Gasteiger partial charge in [0.05, 0.1) is 34.6 Å². The maximum Gasteiger partial charge on any atom is 0.152 e. The second kappa shape index (κ2) is 7.48. The summed E-state index contributed by atoms with van der Waals surface area (Å²) >= 11 is 0. The highest BCUT2D eigenvalue weighted by Gasteiger charge is 2.32. The molecule has 0 amide bonds. The first-order chi connectivity index (χ1) is 13.3. The van der Waals surface area contributed by atoms with Crippen molar-refractivity contribution >= 4 is 15.5 Å². The monoisotopic (exact) mass is 406 g/mol. The lowest BCUT2D eigenvalue weighted by Crippen LogP contribution is -2.46. The molecule has 2 aliphatic rings. The van der Waals surface area contributed by atoms with E-state index in [9.17, 15) is 12.8 Å². The van der Waals surface area contributed by atoms with Crippen molar-refractivity contribution in [3.05, 3.63) is 47.0 Å². The first kappa shape index (κ1) is 19.4. The van der Waals surface area contributed by atoms with Crippen molar-refractivity contribution in [2.75, 3.05) is 42.6 Å². The van der Waals surface area contributed by atoms with Gasteiger partial charge in [0.25, 0.3) is 0 Å². The molecule has 0 saturated carbocycles. The molecular formula is C20H27FN4O2S. The van der Waals surface area contributed by atoms with Gasteiger partial charge in [-0.2, -0.15) is 5.10 Å². The van der Waals surface area contributed by atoms with Crippen LogP contribution in [0.1, 0.15) is 29.4 Å². The third-order valence-corrected chi connectivity index (χ3v) is 7.58. The van der Waals surface area contributed by atoms with Gasteiger partial charge in [-0.25, -0.2) is 12.8 Å². The fourth-order valence-electron chi connectivity index (χ4n) is 4.46. The molecule has 0 N–H and O–H groups in total. The first-order valence-electron chi connectivity index (χ1n) is 9.80. The summed E-state index contributed by atoms with van der Waals surface area (Å²) in [4.78, 5) is 4.68. The van der Waals surface area contributed by atoms with Gasteiger partial charge in [-0.05, 0) is 38.0 Å². The van der Waals surface area contributed by atoms with Crippen molar-refractivity contribution < 1.29 is 12.8 Å². The Kier molecular flexibility index (Phi) is 5.18. The first-order valence-corrected chi connectivity index (χ1v) is 11.6. The van der Waals surface area contributed by atoms with Gasteiger partial charge in [-0.3, -0.25) is 9.58 Å². The molecule has 0 bridgehead atoms. The summed E-state index contributed by atoms with van der Waals surface area (Å²) in [5.41, 5.74) is 4.14. The zero-order valence-electron chi connectivity index (χ0n) is 16.4. The zero-order chi connectivity index (χ0) is 19.9. The molecule has 0 aliphatic carbocycles. The van der Waals surface area contributed by atoms with Crippen LogP contribution in [0.15, 0.2) is 24.3 Å². The lowest BCUT2D eigenvalue weighted by molar-refractivity contribution is 0.249.